The summed E-state index contributed by atoms with van der Waals surface area (Å²) in [6, 6.07) is 6.99. The number of nitrogens with zero attached hydrogens (tertiary/aromatic N) is 2. The zero-order valence-corrected chi connectivity index (χ0v) is 15.0. The largest absolute Gasteiger partial charge is 0.475 e. The molecule has 1 saturated heterocycles. The Bertz CT molecular complexity index is 763. The van der Waals surface area contributed by atoms with Gasteiger partial charge in [-0.15, -0.1) is 0 Å². The van der Waals surface area contributed by atoms with Crippen LogP contribution in [0.5, 0.6) is 5.88 Å². The topological polar surface area (TPSA) is 59.8 Å². The van der Waals surface area contributed by atoms with Crippen molar-refractivity contribution in [3.05, 3.63) is 48.0 Å². The number of thioether (sulfide) groups is 1. The van der Waals surface area contributed by atoms with E-state index in [4.69, 9.17) is 14.1 Å². The van der Waals surface area contributed by atoms with Crippen LogP contribution in [0.1, 0.15) is 12.0 Å². The van der Waals surface area contributed by atoms with E-state index in [0.29, 0.717) is 24.6 Å². The van der Waals surface area contributed by atoms with Crippen molar-refractivity contribution in [1.29, 1.82) is 0 Å². The molecular weight excluding hydrogens is 357 g/mol. The van der Waals surface area contributed by atoms with Crippen molar-refractivity contribution in [2.45, 2.75) is 12.5 Å². The smallest absolute Gasteiger partial charge is 0.253 e. The Morgan fingerprint density at radius 2 is 2.19 bits per heavy atom. The van der Waals surface area contributed by atoms with Crippen molar-refractivity contribution in [2.75, 3.05) is 36.1 Å². The molecule has 8 heteroatoms. The molecule has 0 saturated carbocycles. The highest BCUT2D eigenvalue weighted by Crippen LogP contribution is 2.27. The molecule has 0 spiro atoms. The van der Waals surface area contributed by atoms with Gasteiger partial charge >= 0.3 is 0 Å². The third-order valence-corrected chi connectivity index (χ3v) is 5.29. The quantitative estimate of drug-likeness (QED) is 0.830. The number of rotatable bonds is 6. The molecule has 1 atom stereocenters. The normalized spacial score (nSPS) is 20.0. The molecule has 1 N–H and O–H groups in total. The first-order valence-electron chi connectivity index (χ1n) is 8.59. The number of halogens is 1. The van der Waals surface area contributed by atoms with Crippen LogP contribution in [-0.2, 0) is 4.84 Å². The molecule has 1 aromatic heterocycles. The van der Waals surface area contributed by atoms with E-state index in [1.807, 2.05) is 30.0 Å². The van der Waals surface area contributed by atoms with E-state index in [-0.39, 0.29) is 11.9 Å². The van der Waals surface area contributed by atoms with Gasteiger partial charge in [-0.3, -0.25) is 10.3 Å². The molecule has 1 fully saturated rings. The second kappa shape index (κ2) is 8.01. The number of hydrogen-bond donors (Lipinski definition) is 1. The van der Waals surface area contributed by atoms with Crippen molar-refractivity contribution in [2.24, 2.45) is 0 Å². The average Bonchev–Trinajstić information content (AvgIpc) is 3.35. The molecule has 2 aromatic rings. The lowest BCUT2D eigenvalue weighted by molar-refractivity contribution is 0.0383. The summed E-state index contributed by atoms with van der Waals surface area (Å²) in [6.07, 6.45) is 3.91. The molecule has 0 amide bonds. The summed E-state index contributed by atoms with van der Waals surface area (Å²) in [6.45, 7) is 2.22. The number of nitrogens with one attached hydrogen (secondary N) is 1. The van der Waals surface area contributed by atoms with E-state index in [1.165, 1.54) is 6.26 Å². The molecule has 0 radical (unpaired) electrons. The predicted molar refractivity (Wildman–Crippen MR) is 98.5 cm³/mol. The number of benzene rings is 1. The molecule has 1 unspecified atom stereocenters. The molecule has 26 heavy (non-hydrogen) atoms. The first-order chi connectivity index (χ1) is 12.8. The first-order valence-corrected chi connectivity index (χ1v) is 9.74. The number of aromatic nitrogens is 1. The van der Waals surface area contributed by atoms with Gasteiger partial charge in [0.1, 0.15) is 18.2 Å². The van der Waals surface area contributed by atoms with Gasteiger partial charge in [-0.2, -0.15) is 11.8 Å². The van der Waals surface area contributed by atoms with E-state index in [9.17, 15) is 4.39 Å². The molecule has 0 bridgehead atoms. The maximum Gasteiger partial charge on any atom is 0.253 e. The van der Waals surface area contributed by atoms with Gasteiger partial charge in [0.25, 0.3) is 5.88 Å². The Morgan fingerprint density at radius 1 is 1.31 bits per heavy atom. The van der Waals surface area contributed by atoms with Gasteiger partial charge < -0.3 is 14.2 Å². The summed E-state index contributed by atoms with van der Waals surface area (Å²) >= 11 is 1.91. The Kier molecular flexibility index (Phi) is 5.31. The number of hydrogen-bond acceptors (Lipinski definition) is 7. The zero-order valence-electron chi connectivity index (χ0n) is 14.2. The summed E-state index contributed by atoms with van der Waals surface area (Å²) < 4.78 is 24.7. The maximum atomic E-state index is 14.6. The minimum Gasteiger partial charge on any atom is -0.475 e. The van der Waals surface area contributed by atoms with Gasteiger partial charge in [-0.25, -0.2) is 4.39 Å². The van der Waals surface area contributed by atoms with Crippen molar-refractivity contribution in [3.8, 4) is 5.88 Å². The zero-order chi connectivity index (χ0) is 17.8. The molecule has 3 heterocycles. The second-order valence-corrected chi connectivity index (χ2v) is 7.30. The fraction of sp³-hybridized carbons (Fsp3) is 0.389. The highest BCUT2D eigenvalue weighted by Gasteiger charge is 2.20. The van der Waals surface area contributed by atoms with Gasteiger partial charge in [-0.05, 0) is 23.4 Å². The van der Waals surface area contributed by atoms with Crippen LogP contribution in [0.3, 0.4) is 0 Å². The standard InChI is InChI=1S/C18H20FN3O3S/c19-15-11-13(1-2-17(15)22-5-9-26-10-6-22)16-12-14(25-20-16)3-7-23-18-4-8-24-21-18/h1-2,4,8,11-12,14,20H,3,5-7,9-10H2. The van der Waals surface area contributed by atoms with Crippen LogP contribution >= 0.6 is 11.8 Å². The summed E-state index contributed by atoms with van der Waals surface area (Å²) in [7, 11) is 0. The van der Waals surface area contributed by atoms with E-state index >= 15 is 0 Å². The lowest BCUT2D eigenvalue weighted by Gasteiger charge is -2.29. The fourth-order valence-electron chi connectivity index (χ4n) is 2.98. The van der Waals surface area contributed by atoms with Gasteiger partial charge in [0.15, 0.2) is 0 Å². The third kappa shape index (κ3) is 3.96. The second-order valence-electron chi connectivity index (χ2n) is 6.08. The molecule has 0 aliphatic carbocycles. The number of anilines is 1. The van der Waals surface area contributed by atoms with Crippen LogP contribution in [0.4, 0.5) is 10.1 Å². The number of ether oxygens (including phenoxy) is 1. The first kappa shape index (κ1) is 17.2. The SMILES string of the molecule is Fc1cc(C2=CC(CCOc3ccon3)ON2)ccc1N1CCSCC1. The van der Waals surface area contributed by atoms with Gasteiger partial charge in [0, 0.05) is 42.6 Å². The van der Waals surface area contributed by atoms with Crippen molar-refractivity contribution in [1.82, 2.24) is 10.6 Å². The van der Waals surface area contributed by atoms with E-state index < -0.39 is 0 Å². The van der Waals surface area contributed by atoms with Crippen LogP contribution in [0.2, 0.25) is 0 Å². The van der Waals surface area contributed by atoms with Gasteiger partial charge in [0.05, 0.1) is 18.0 Å². The van der Waals surface area contributed by atoms with Gasteiger partial charge in [-0.1, -0.05) is 6.07 Å². The monoisotopic (exact) mass is 377 g/mol. The average molecular weight is 377 g/mol. The van der Waals surface area contributed by atoms with Crippen molar-refractivity contribution < 1.29 is 18.5 Å². The molecule has 138 valence electrons. The maximum absolute atomic E-state index is 14.6. The third-order valence-electron chi connectivity index (χ3n) is 4.35. The van der Waals surface area contributed by atoms with Crippen LogP contribution in [0, 0.1) is 5.82 Å². The molecule has 4 rings (SSSR count). The summed E-state index contributed by atoms with van der Waals surface area (Å²) in [5.41, 5.74) is 5.10. The summed E-state index contributed by atoms with van der Waals surface area (Å²) in [5, 5.41) is 3.68. The lowest BCUT2D eigenvalue weighted by Crippen LogP contribution is -2.33. The summed E-state index contributed by atoms with van der Waals surface area (Å²) in [4.78, 5) is 7.63. The Hall–Kier alpha value is -2.19. The van der Waals surface area contributed by atoms with E-state index in [2.05, 4.69) is 15.5 Å². The summed E-state index contributed by atoms with van der Waals surface area (Å²) in [5.74, 6) is 2.34. The highest BCUT2D eigenvalue weighted by molar-refractivity contribution is 7.99. The minimum absolute atomic E-state index is 0.140. The van der Waals surface area contributed by atoms with E-state index in [0.717, 1.165) is 35.9 Å². The molecule has 2 aliphatic heterocycles. The molecule has 1 aromatic carbocycles. The van der Waals surface area contributed by atoms with Crippen LogP contribution in [0.25, 0.3) is 5.70 Å². The highest BCUT2D eigenvalue weighted by atomic mass is 32.2. The van der Waals surface area contributed by atoms with Crippen molar-refractivity contribution >= 4 is 23.1 Å². The van der Waals surface area contributed by atoms with Gasteiger partial charge in [0.2, 0.25) is 0 Å². The number of hydroxylamine groups is 1. The lowest BCUT2D eigenvalue weighted by atomic mass is 10.1. The minimum atomic E-state index is -0.199. The Labute approximate surface area is 155 Å². The van der Waals surface area contributed by atoms with Crippen LogP contribution < -0.4 is 15.1 Å². The predicted octanol–water partition coefficient (Wildman–Crippen LogP) is 3.08. The Morgan fingerprint density at radius 3 is 2.96 bits per heavy atom. The fourth-order valence-corrected chi connectivity index (χ4v) is 3.88. The molecule has 2 aliphatic rings. The van der Waals surface area contributed by atoms with Crippen LogP contribution in [0.15, 0.2) is 41.1 Å². The molecular formula is C18H20FN3O3S. The molecule has 6 nitrogen and oxygen atoms in total. The Balaban J connectivity index is 1.37. The van der Waals surface area contributed by atoms with Crippen LogP contribution in [-0.4, -0.2) is 42.5 Å². The van der Waals surface area contributed by atoms with E-state index in [1.54, 1.807) is 12.1 Å². The van der Waals surface area contributed by atoms with Crippen molar-refractivity contribution in [3.63, 3.8) is 0 Å².